The van der Waals surface area contributed by atoms with Crippen LogP contribution in [0.3, 0.4) is 0 Å². The van der Waals surface area contributed by atoms with E-state index in [1.807, 2.05) is 42.8 Å². The summed E-state index contributed by atoms with van der Waals surface area (Å²) in [6.07, 6.45) is 6.87. The second-order valence-corrected chi connectivity index (χ2v) is 8.48. The lowest BCUT2D eigenvalue weighted by Gasteiger charge is -2.37. The number of guanidine groups is 1. The Morgan fingerprint density at radius 3 is 2.47 bits per heavy atom. The van der Waals surface area contributed by atoms with Gasteiger partial charge < -0.3 is 25.0 Å². The predicted octanol–water partition coefficient (Wildman–Crippen LogP) is 3.32. The molecule has 1 aromatic carbocycles. The van der Waals surface area contributed by atoms with Crippen molar-refractivity contribution < 1.29 is 9.84 Å². The highest BCUT2D eigenvalue weighted by molar-refractivity contribution is 14.0. The first-order chi connectivity index (χ1) is 15.0. The third-order valence-corrected chi connectivity index (χ3v) is 6.36. The van der Waals surface area contributed by atoms with Gasteiger partial charge in [0.2, 0.25) is 0 Å². The molecule has 1 fully saturated rings. The van der Waals surface area contributed by atoms with Crippen LogP contribution in [0.2, 0.25) is 0 Å². The standard InChI is InChI=1S/C23H36N6O2.HI/c1-18-27-28-21(29(18)2)16-25-22(24-15-19-7-9-20(31-3)10-8-19)26-17-23(13-14-30)11-5-4-6-12-23;/h7-10,30H,4-6,11-17H2,1-3H3,(H2,24,25,26);1H. The summed E-state index contributed by atoms with van der Waals surface area (Å²) in [5.41, 5.74) is 1.25. The Balaban J connectivity index is 0.00000363. The van der Waals surface area contributed by atoms with Crippen LogP contribution in [0.15, 0.2) is 29.3 Å². The predicted molar refractivity (Wildman–Crippen MR) is 137 cm³/mol. The zero-order valence-electron chi connectivity index (χ0n) is 19.4. The summed E-state index contributed by atoms with van der Waals surface area (Å²) in [5.74, 6) is 3.33. The van der Waals surface area contributed by atoms with Gasteiger partial charge in [-0.15, -0.1) is 34.2 Å². The monoisotopic (exact) mass is 556 g/mol. The molecule has 3 rings (SSSR count). The fourth-order valence-corrected chi connectivity index (χ4v) is 4.17. The quantitative estimate of drug-likeness (QED) is 0.249. The van der Waals surface area contributed by atoms with Gasteiger partial charge >= 0.3 is 0 Å². The SMILES string of the molecule is COc1ccc(CN=C(NCc2nnc(C)n2C)NCC2(CCO)CCCCC2)cc1.I. The number of ether oxygens (including phenoxy) is 1. The molecule has 0 bridgehead atoms. The van der Waals surface area contributed by atoms with Crippen molar-refractivity contribution in [2.75, 3.05) is 20.3 Å². The van der Waals surface area contributed by atoms with E-state index in [4.69, 9.17) is 9.73 Å². The fraction of sp³-hybridized carbons (Fsp3) is 0.609. The minimum atomic E-state index is 0. The Morgan fingerprint density at radius 2 is 1.88 bits per heavy atom. The number of aliphatic hydroxyl groups is 1. The van der Waals surface area contributed by atoms with E-state index in [2.05, 4.69) is 20.8 Å². The number of methoxy groups -OCH3 is 1. The van der Waals surface area contributed by atoms with Gasteiger partial charge in [-0.1, -0.05) is 31.4 Å². The molecule has 9 heteroatoms. The molecule has 0 unspecified atom stereocenters. The van der Waals surface area contributed by atoms with Crippen LogP contribution in [0.4, 0.5) is 0 Å². The van der Waals surface area contributed by atoms with E-state index in [0.29, 0.717) is 13.1 Å². The molecule has 1 aliphatic carbocycles. The van der Waals surface area contributed by atoms with Gasteiger partial charge in [-0.3, -0.25) is 0 Å². The lowest BCUT2D eigenvalue weighted by atomic mass is 9.72. The zero-order chi connectivity index (χ0) is 22.1. The van der Waals surface area contributed by atoms with Gasteiger partial charge in [0.15, 0.2) is 11.8 Å². The van der Waals surface area contributed by atoms with E-state index in [9.17, 15) is 5.11 Å². The van der Waals surface area contributed by atoms with E-state index >= 15 is 0 Å². The molecule has 0 aliphatic heterocycles. The first-order valence-electron chi connectivity index (χ1n) is 11.2. The summed E-state index contributed by atoms with van der Waals surface area (Å²) in [6, 6.07) is 7.96. The number of hydrogen-bond acceptors (Lipinski definition) is 5. The number of benzene rings is 1. The molecule has 2 aromatic rings. The number of halogens is 1. The molecule has 1 aliphatic rings. The van der Waals surface area contributed by atoms with Gasteiger partial charge in [0, 0.05) is 20.2 Å². The average molecular weight is 556 g/mol. The molecule has 3 N–H and O–H groups in total. The molecule has 0 radical (unpaired) electrons. The molecule has 0 atom stereocenters. The third-order valence-electron chi connectivity index (χ3n) is 6.36. The number of aliphatic imine (C=N–C) groups is 1. The molecule has 0 saturated heterocycles. The lowest BCUT2D eigenvalue weighted by molar-refractivity contribution is 0.131. The Labute approximate surface area is 208 Å². The van der Waals surface area contributed by atoms with Crippen molar-refractivity contribution in [1.29, 1.82) is 0 Å². The Hall–Kier alpha value is -1.88. The molecule has 0 amide bonds. The van der Waals surface area contributed by atoms with E-state index in [0.717, 1.165) is 54.7 Å². The second kappa shape index (κ2) is 13.0. The van der Waals surface area contributed by atoms with Crippen molar-refractivity contribution in [1.82, 2.24) is 25.4 Å². The molecular formula is C23H37IN6O2. The molecule has 1 aromatic heterocycles. The van der Waals surface area contributed by atoms with E-state index < -0.39 is 0 Å². The number of hydrogen-bond donors (Lipinski definition) is 3. The van der Waals surface area contributed by atoms with E-state index in [-0.39, 0.29) is 36.0 Å². The summed E-state index contributed by atoms with van der Waals surface area (Å²) in [5, 5.41) is 25.0. The highest BCUT2D eigenvalue weighted by Gasteiger charge is 2.31. The number of nitrogens with zero attached hydrogens (tertiary/aromatic N) is 4. The van der Waals surface area contributed by atoms with E-state index in [1.165, 1.54) is 19.3 Å². The smallest absolute Gasteiger partial charge is 0.191 e. The van der Waals surface area contributed by atoms with Crippen molar-refractivity contribution in [3.8, 4) is 5.75 Å². The lowest BCUT2D eigenvalue weighted by Crippen LogP contribution is -2.45. The minimum absolute atomic E-state index is 0. The van der Waals surface area contributed by atoms with Crippen LogP contribution >= 0.6 is 24.0 Å². The molecule has 1 heterocycles. The van der Waals surface area contributed by atoms with Crippen molar-refractivity contribution in [2.24, 2.45) is 17.5 Å². The van der Waals surface area contributed by atoms with Crippen LogP contribution < -0.4 is 15.4 Å². The number of rotatable bonds is 9. The first-order valence-corrected chi connectivity index (χ1v) is 11.2. The van der Waals surface area contributed by atoms with Crippen molar-refractivity contribution >= 4 is 29.9 Å². The summed E-state index contributed by atoms with van der Waals surface area (Å²) < 4.78 is 7.21. The van der Waals surface area contributed by atoms with Gasteiger partial charge in [0.05, 0.1) is 20.2 Å². The maximum absolute atomic E-state index is 9.63. The molecule has 0 spiro atoms. The Kier molecular flexibility index (Phi) is 10.7. The topological polar surface area (TPSA) is 96.6 Å². The van der Waals surface area contributed by atoms with Crippen LogP contribution in [0.1, 0.15) is 55.7 Å². The van der Waals surface area contributed by atoms with Crippen LogP contribution in [0.25, 0.3) is 0 Å². The molecule has 8 nitrogen and oxygen atoms in total. The second-order valence-electron chi connectivity index (χ2n) is 8.48. The number of nitrogens with one attached hydrogen (secondary N) is 2. The third kappa shape index (κ3) is 7.33. The molecular weight excluding hydrogens is 519 g/mol. The van der Waals surface area contributed by atoms with Crippen molar-refractivity contribution in [3.05, 3.63) is 41.5 Å². The number of aryl methyl sites for hydroxylation is 1. The summed E-state index contributed by atoms with van der Waals surface area (Å²) in [4.78, 5) is 4.81. The van der Waals surface area contributed by atoms with Gasteiger partial charge in [0.25, 0.3) is 0 Å². The van der Waals surface area contributed by atoms with E-state index in [1.54, 1.807) is 7.11 Å². The van der Waals surface area contributed by atoms with Crippen LogP contribution in [-0.4, -0.2) is 46.1 Å². The normalized spacial score (nSPS) is 15.7. The van der Waals surface area contributed by atoms with Crippen molar-refractivity contribution in [2.45, 2.75) is 58.5 Å². The first kappa shape index (κ1) is 26.4. The largest absolute Gasteiger partial charge is 0.497 e. The number of aromatic nitrogens is 3. The highest BCUT2D eigenvalue weighted by Crippen LogP contribution is 2.38. The minimum Gasteiger partial charge on any atom is -0.497 e. The van der Waals surface area contributed by atoms with Crippen LogP contribution in [0.5, 0.6) is 5.75 Å². The van der Waals surface area contributed by atoms with Crippen LogP contribution in [0, 0.1) is 12.3 Å². The zero-order valence-corrected chi connectivity index (χ0v) is 21.8. The summed E-state index contributed by atoms with van der Waals surface area (Å²) in [6.45, 7) is 4.07. The Morgan fingerprint density at radius 1 is 1.16 bits per heavy atom. The number of aliphatic hydroxyl groups excluding tert-OH is 1. The Bertz CT molecular complexity index is 841. The summed E-state index contributed by atoms with van der Waals surface area (Å²) in [7, 11) is 3.63. The molecule has 32 heavy (non-hydrogen) atoms. The maximum Gasteiger partial charge on any atom is 0.191 e. The van der Waals surface area contributed by atoms with Gasteiger partial charge in [-0.05, 0) is 49.3 Å². The van der Waals surface area contributed by atoms with Gasteiger partial charge in [0.1, 0.15) is 11.6 Å². The highest BCUT2D eigenvalue weighted by atomic mass is 127. The molecule has 178 valence electrons. The van der Waals surface area contributed by atoms with Gasteiger partial charge in [-0.2, -0.15) is 0 Å². The van der Waals surface area contributed by atoms with Crippen molar-refractivity contribution in [3.63, 3.8) is 0 Å². The van der Waals surface area contributed by atoms with Gasteiger partial charge in [-0.25, -0.2) is 4.99 Å². The summed E-state index contributed by atoms with van der Waals surface area (Å²) >= 11 is 0. The fourth-order valence-electron chi connectivity index (χ4n) is 4.17. The maximum atomic E-state index is 9.63. The average Bonchev–Trinajstić information content (AvgIpc) is 3.12. The molecule has 1 saturated carbocycles. The van der Waals surface area contributed by atoms with Crippen LogP contribution in [-0.2, 0) is 20.1 Å².